The molecule has 1 aliphatic heterocycles. The average Bonchev–Trinajstić information content (AvgIpc) is 2.63. The number of halogens is 1. The van der Waals surface area contributed by atoms with Crippen LogP contribution in [0.5, 0.6) is 5.75 Å². The Kier molecular flexibility index (Phi) is 5.44. The molecule has 1 amide bonds. The third kappa shape index (κ3) is 3.98. The van der Waals surface area contributed by atoms with Crippen molar-refractivity contribution in [1.29, 1.82) is 0 Å². The van der Waals surface area contributed by atoms with Gasteiger partial charge in [0, 0.05) is 16.4 Å². The smallest absolute Gasteiger partial charge is 0.255 e. The van der Waals surface area contributed by atoms with Crippen LogP contribution in [0.2, 0.25) is 5.02 Å². The van der Waals surface area contributed by atoms with Crippen LogP contribution in [0.3, 0.4) is 0 Å². The van der Waals surface area contributed by atoms with E-state index in [1.165, 1.54) is 0 Å². The summed E-state index contributed by atoms with van der Waals surface area (Å²) in [4.78, 5) is 13.0. The van der Waals surface area contributed by atoms with E-state index in [9.17, 15) is 4.79 Å². The monoisotopic (exact) mass is 387 g/mol. The number of rotatable bonds is 4. The number of ether oxygens (including phenoxy) is 1. The molecule has 0 unspecified atom stereocenters. The Morgan fingerprint density at radius 1 is 1.23 bits per heavy atom. The van der Waals surface area contributed by atoms with Gasteiger partial charge in [-0.3, -0.25) is 4.79 Å². The van der Waals surface area contributed by atoms with E-state index in [0.29, 0.717) is 32.8 Å². The van der Waals surface area contributed by atoms with E-state index in [1.54, 1.807) is 31.4 Å². The summed E-state index contributed by atoms with van der Waals surface area (Å²) in [6, 6.07) is 14.1. The lowest BCUT2D eigenvalue weighted by atomic mass is 9.94. The number of hydrogen-bond acceptors (Lipinski definition) is 3. The second kappa shape index (κ2) is 7.76. The van der Waals surface area contributed by atoms with E-state index in [-0.39, 0.29) is 11.9 Å². The molecule has 26 heavy (non-hydrogen) atoms. The Morgan fingerprint density at radius 2 is 1.96 bits per heavy atom. The van der Waals surface area contributed by atoms with Gasteiger partial charge in [-0.25, -0.2) is 0 Å². The molecule has 0 aliphatic carbocycles. The molecule has 134 valence electrons. The van der Waals surface area contributed by atoms with Crippen molar-refractivity contribution in [2.24, 2.45) is 0 Å². The standard InChI is InChI=1S/C19H18ClN3O2S/c1-11-16(18(24)22-14-8-6-13(20)7-9-14)17(23-19(26)21-11)12-4-3-5-15(10-12)25-2/h3-10,17H,1-2H3,(H,22,24)(H2,21,23,26)/t17-/m0/s1. The Hall–Kier alpha value is -2.57. The number of carbonyl (C=O) groups excluding carboxylic acids is 1. The Balaban J connectivity index is 1.94. The van der Waals surface area contributed by atoms with Crippen LogP contribution in [0.15, 0.2) is 59.8 Å². The highest BCUT2D eigenvalue weighted by molar-refractivity contribution is 7.80. The van der Waals surface area contributed by atoms with Crippen molar-refractivity contribution >= 4 is 40.5 Å². The minimum absolute atomic E-state index is 0.222. The van der Waals surface area contributed by atoms with Crippen molar-refractivity contribution in [3.63, 3.8) is 0 Å². The van der Waals surface area contributed by atoms with E-state index >= 15 is 0 Å². The molecule has 3 N–H and O–H groups in total. The zero-order valence-corrected chi connectivity index (χ0v) is 15.9. The maximum Gasteiger partial charge on any atom is 0.255 e. The fraction of sp³-hybridized carbons (Fsp3) is 0.158. The molecule has 5 nitrogen and oxygen atoms in total. The van der Waals surface area contributed by atoms with Gasteiger partial charge in [-0.05, 0) is 61.1 Å². The van der Waals surface area contributed by atoms with Gasteiger partial charge in [0.15, 0.2) is 5.11 Å². The molecule has 0 saturated carbocycles. The number of thiocarbonyl (C=S) groups is 1. The van der Waals surface area contributed by atoms with E-state index in [2.05, 4.69) is 16.0 Å². The lowest BCUT2D eigenvalue weighted by molar-refractivity contribution is -0.113. The van der Waals surface area contributed by atoms with Gasteiger partial charge in [0.25, 0.3) is 5.91 Å². The molecule has 0 bridgehead atoms. The number of benzene rings is 2. The molecule has 0 fully saturated rings. The minimum atomic E-state index is -0.383. The summed E-state index contributed by atoms with van der Waals surface area (Å²) in [6.45, 7) is 1.83. The summed E-state index contributed by atoms with van der Waals surface area (Å²) in [7, 11) is 1.61. The molecule has 2 aromatic rings. The molecular formula is C19H18ClN3O2S. The third-order valence-corrected chi connectivity index (χ3v) is 4.51. The molecule has 1 heterocycles. The van der Waals surface area contributed by atoms with Crippen LogP contribution in [0, 0.1) is 0 Å². The van der Waals surface area contributed by atoms with Crippen LogP contribution in [-0.4, -0.2) is 18.1 Å². The van der Waals surface area contributed by atoms with Crippen LogP contribution in [0.1, 0.15) is 18.5 Å². The number of amides is 1. The predicted octanol–water partition coefficient (Wildman–Crippen LogP) is 3.78. The molecule has 7 heteroatoms. The molecule has 1 atom stereocenters. The summed E-state index contributed by atoms with van der Waals surface area (Å²) in [5.41, 5.74) is 2.81. The summed E-state index contributed by atoms with van der Waals surface area (Å²) < 4.78 is 5.30. The second-order valence-electron chi connectivity index (χ2n) is 5.81. The normalized spacial score (nSPS) is 16.6. The molecule has 0 aromatic heterocycles. The van der Waals surface area contributed by atoms with Crippen molar-refractivity contribution in [3.05, 3.63) is 70.4 Å². The molecule has 0 saturated heterocycles. The highest BCUT2D eigenvalue weighted by Crippen LogP contribution is 2.29. The van der Waals surface area contributed by atoms with Crippen molar-refractivity contribution < 1.29 is 9.53 Å². The summed E-state index contributed by atoms with van der Waals surface area (Å²) in [5, 5.41) is 10.2. The summed E-state index contributed by atoms with van der Waals surface area (Å²) in [5.74, 6) is 0.490. The van der Waals surface area contributed by atoms with Crippen molar-refractivity contribution in [2.75, 3.05) is 12.4 Å². The highest BCUT2D eigenvalue weighted by Gasteiger charge is 2.30. The third-order valence-electron chi connectivity index (χ3n) is 4.04. The number of methoxy groups -OCH3 is 1. The first-order valence-electron chi connectivity index (χ1n) is 7.97. The fourth-order valence-corrected chi connectivity index (χ4v) is 3.19. The van der Waals surface area contributed by atoms with Gasteiger partial charge in [0.05, 0.1) is 18.7 Å². The maximum atomic E-state index is 13.0. The van der Waals surface area contributed by atoms with Gasteiger partial charge in [0.2, 0.25) is 0 Å². The van der Waals surface area contributed by atoms with Crippen LogP contribution in [0.4, 0.5) is 5.69 Å². The SMILES string of the molecule is COc1cccc([C@@H]2NC(=S)NC(C)=C2C(=O)Nc2ccc(Cl)cc2)c1. The minimum Gasteiger partial charge on any atom is -0.497 e. The first kappa shape index (κ1) is 18.2. The van der Waals surface area contributed by atoms with E-state index in [4.69, 9.17) is 28.6 Å². The lowest BCUT2D eigenvalue weighted by Crippen LogP contribution is -2.45. The van der Waals surface area contributed by atoms with Crippen molar-refractivity contribution in [3.8, 4) is 5.75 Å². The van der Waals surface area contributed by atoms with Gasteiger partial charge >= 0.3 is 0 Å². The van der Waals surface area contributed by atoms with Crippen LogP contribution in [-0.2, 0) is 4.79 Å². The first-order chi connectivity index (χ1) is 12.5. The quantitative estimate of drug-likeness (QED) is 0.697. The highest BCUT2D eigenvalue weighted by atomic mass is 35.5. The van der Waals surface area contributed by atoms with Crippen LogP contribution < -0.4 is 20.7 Å². The van der Waals surface area contributed by atoms with Gasteiger partial charge in [0.1, 0.15) is 5.75 Å². The lowest BCUT2D eigenvalue weighted by Gasteiger charge is -2.30. The summed E-state index contributed by atoms with van der Waals surface area (Å²) in [6.07, 6.45) is 0. The molecule has 0 spiro atoms. The van der Waals surface area contributed by atoms with Crippen molar-refractivity contribution in [2.45, 2.75) is 13.0 Å². The van der Waals surface area contributed by atoms with Gasteiger partial charge in [-0.2, -0.15) is 0 Å². The van der Waals surface area contributed by atoms with Crippen LogP contribution in [0.25, 0.3) is 0 Å². The van der Waals surface area contributed by atoms with Gasteiger partial charge in [-0.1, -0.05) is 23.7 Å². The molecule has 2 aromatic carbocycles. The molecule has 3 rings (SSSR count). The number of carbonyl (C=O) groups is 1. The number of anilines is 1. The van der Waals surface area contributed by atoms with E-state index in [0.717, 1.165) is 5.56 Å². The second-order valence-corrected chi connectivity index (χ2v) is 6.65. The Morgan fingerprint density at radius 3 is 2.65 bits per heavy atom. The number of allylic oxidation sites excluding steroid dienone is 1. The largest absolute Gasteiger partial charge is 0.497 e. The first-order valence-corrected chi connectivity index (χ1v) is 8.75. The van der Waals surface area contributed by atoms with Gasteiger partial charge < -0.3 is 20.7 Å². The zero-order valence-electron chi connectivity index (χ0n) is 14.3. The molecule has 0 radical (unpaired) electrons. The zero-order chi connectivity index (χ0) is 18.7. The average molecular weight is 388 g/mol. The number of hydrogen-bond donors (Lipinski definition) is 3. The fourth-order valence-electron chi connectivity index (χ4n) is 2.80. The molecule has 1 aliphatic rings. The Bertz CT molecular complexity index is 881. The van der Waals surface area contributed by atoms with Crippen LogP contribution >= 0.6 is 23.8 Å². The molecular weight excluding hydrogens is 370 g/mol. The summed E-state index contributed by atoms with van der Waals surface area (Å²) >= 11 is 11.2. The van der Waals surface area contributed by atoms with Gasteiger partial charge in [-0.15, -0.1) is 0 Å². The topological polar surface area (TPSA) is 62.4 Å². The Labute approximate surface area is 162 Å². The van der Waals surface area contributed by atoms with E-state index < -0.39 is 0 Å². The number of nitrogens with one attached hydrogen (secondary N) is 3. The van der Waals surface area contributed by atoms with E-state index in [1.807, 2.05) is 31.2 Å². The predicted molar refractivity (Wildman–Crippen MR) is 107 cm³/mol. The maximum absolute atomic E-state index is 13.0. The van der Waals surface area contributed by atoms with Crippen molar-refractivity contribution in [1.82, 2.24) is 10.6 Å².